The molecular formula is C34H46N8O4. The second kappa shape index (κ2) is 14.5. The number of piperidine rings is 1. The molecule has 0 spiro atoms. The van der Waals surface area contributed by atoms with E-state index in [1.54, 1.807) is 11.1 Å². The van der Waals surface area contributed by atoms with Gasteiger partial charge in [0.05, 0.1) is 11.7 Å². The van der Waals surface area contributed by atoms with Crippen LogP contribution in [-0.2, 0) is 22.4 Å². The van der Waals surface area contributed by atoms with Crippen molar-refractivity contribution < 1.29 is 19.1 Å². The maximum atomic E-state index is 13.9. The van der Waals surface area contributed by atoms with Gasteiger partial charge in [-0.25, -0.2) is 9.59 Å². The van der Waals surface area contributed by atoms with E-state index in [1.165, 1.54) is 0 Å². The lowest BCUT2D eigenvalue weighted by Crippen LogP contribution is -2.54. The van der Waals surface area contributed by atoms with Crippen LogP contribution in [0.15, 0.2) is 48.7 Å². The van der Waals surface area contributed by atoms with E-state index in [9.17, 15) is 14.4 Å². The molecule has 3 aliphatic heterocycles. The molecule has 1 unspecified atom stereocenters. The zero-order valence-corrected chi connectivity index (χ0v) is 27.0. The van der Waals surface area contributed by atoms with Gasteiger partial charge in [-0.2, -0.15) is 5.10 Å². The monoisotopic (exact) mass is 630 g/mol. The van der Waals surface area contributed by atoms with E-state index in [1.807, 2.05) is 46.2 Å². The highest BCUT2D eigenvalue weighted by molar-refractivity contribution is 5.91. The Labute approximate surface area is 270 Å². The van der Waals surface area contributed by atoms with Gasteiger partial charge in [0, 0.05) is 69.3 Å². The molecule has 4 amide bonds. The number of hydrogen-bond acceptors (Lipinski definition) is 7. The number of para-hydroxylation sites is 1. The molecule has 6 rings (SSSR count). The van der Waals surface area contributed by atoms with Gasteiger partial charge in [0.15, 0.2) is 6.10 Å². The van der Waals surface area contributed by atoms with E-state index >= 15 is 0 Å². The minimum absolute atomic E-state index is 0.0338. The summed E-state index contributed by atoms with van der Waals surface area (Å²) in [6, 6.07) is 13.7. The zero-order chi connectivity index (χ0) is 32.0. The minimum Gasteiger partial charge on any atom is -0.436 e. The number of fused-ring (bicyclic) bond motifs is 2. The largest absolute Gasteiger partial charge is 0.436 e. The predicted octanol–water partition coefficient (Wildman–Crippen LogP) is 3.26. The lowest BCUT2D eigenvalue weighted by atomic mass is 10.0. The number of likely N-dealkylation sites (tertiary alicyclic amines) is 1. The van der Waals surface area contributed by atoms with Gasteiger partial charge in [-0.15, -0.1) is 0 Å². The second-order valence-corrected chi connectivity index (χ2v) is 12.9. The van der Waals surface area contributed by atoms with Gasteiger partial charge in [0.25, 0.3) is 5.91 Å². The summed E-state index contributed by atoms with van der Waals surface area (Å²) in [5.41, 5.74) is 3.82. The number of aromatic nitrogens is 2. The average molecular weight is 631 g/mol. The van der Waals surface area contributed by atoms with Crippen LogP contribution >= 0.6 is 0 Å². The number of H-pyrrole nitrogens is 1. The number of urea groups is 1. The van der Waals surface area contributed by atoms with Gasteiger partial charge in [-0.05, 0) is 82.2 Å². The van der Waals surface area contributed by atoms with Crippen LogP contribution in [0.2, 0.25) is 0 Å². The van der Waals surface area contributed by atoms with Crippen molar-refractivity contribution in [2.45, 2.75) is 44.2 Å². The number of nitrogens with one attached hydrogen (secondary N) is 2. The van der Waals surface area contributed by atoms with E-state index in [0.29, 0.717) is 52.0 Å². The van der Waals surface area contributed by atoms with Crippen LogP contribution < -0.4 is 5.32 Å². The van der Waals surface area contributed by atoms with Crippen LogP contribution in [0.1, 0.15) is 30.4 Å². The maximum absolute atomic E-state index is 13.9. The van der Waals surface area contributed by atoms with Crippen molar-refractivity contribution in [1.29, 1.82) is 0 Å². The van der Waals surface area contributed by atoms with Crippen LogP contribution in [0.5, 0.6) is 0 Å². The van der Waals surface area contributed by atoms with E-state index in [-0.39, 0.29) is 18.0 Å². The number of benzene rings is 2. The quantitative estimate of drug-likeness (QED) is 0.373. The van der Waals surface area contributed by atoms with E-state index < -0.39 is 12.2 Å². The van der Waals surface area contributed by atoms with Crippen molar-refractivity contribution in [1.82, 2.24) is 34.7 Å². The molecule has 2 N–H and O–H groups in total. The number of anilines is 1. The number of piperazine rings is 1. The van der Waals surface area contributed by atoms with Crippen molar-refractivity contribution in [3.63, 3.8) is 0 Å². The highest BCUT2D eigenvalue weighted by atomic mass is 16.6. The van der Waals surface area contributed by atoms with Gasteiger partial charge < -0.3 is 29.7 Å². The molecule has 0 bridgehead atoms. The Balaban J connectivity index is 1.07. The van der Waals surface area contributed by atoms with Gasteiger partial charge in [-0.3, -0.25) is 14.8 Å². The van der Waals surface area contributed by atoms with Crippen molar-refractivity contribution in [3.8, 4) is 0 Å². The number of aromatic amines is 1. The van der Waals surface area contributed by atoms with Crippen molar-refractivity contribution in [2.24, 2.45) is 0 Å². The summed E-state index contributed by atoms with van der Waals surface area (Å²) in [4.78, 5) is 50.5. The van der Waals surface area contributed by atoms with Crippen LogP contribution in [-0.4, -0.2) is 138 Å². The average Bonchev–Trinajstić information content (AvgIpc) is 3.46. The molecule has 4 heterocycles. The lowest BCUT2D eigenvalue weighted by molar-refractivity contribution is -0.142. The number of carbonyl (C=O) groups is 3. The maximum Gasteiger partial charge on any atom is 0.410 e. The Morgan fingerprint density at radius 3 is 2.57 bits per heavy atom. The number of ether oxygens (including phenoxy) is 1. The number of hydrogen-bond donors (Lipinski definition) is 2. The Kier molecular flexibility index (Phi) is 10.0. The Bertz CT molecular complexity index is 1510. The fourth-order valence-electron chi connectivity index (χ4n) is 6.81. The first kappa shape index (κ1) is 31.8. The number of rotatable bonds is 9. The topological polar surface area (TPSA) is 117 Å². The molecular weight excluding hydrogens is 584 g/mol. The summed E-state index contributed by atoms with van der Waals surface area (Å²) in [6.07, 6.45) is 3.83. The Morgan fingerprint density at radius 1 is 1.00 bits per heavy atom. The molecule has 2 fully saturated rings. The molecule has 0 radical (unpaired) electrons. The summed E-state index contributed by atoms with van der Waals surface area (Å²) in [5, 5.41) is 11.1. The van der Waals surface area contributed by atoms with E-state index in [0.717, 1.165) is 66.7 Å². The number of amides is 4. The van der Waals surface area contributed by atoms with Crippen LogP contribution in [0.4, 0.5) is 15.3 Å². The van der Waals surface area contributed by atoms with Gasteiger partial charge in [-0.1, -0.05) is 24.3 Å². The lowest BCUT2D eigenvalue weighted by Gasteiger charge is -2.38. The van der Waals surface area contributed by atoms with Gasteiger partial charge in [0.1, 0.15) is 0 Å². The zero-order valence-electron chi connectivity index (χ0n) is 27.0. The normalized spacial score (nSPS) is 18.8. The number of carbonyl (C=O) groups excluding carboxylic acids is 3. The first-order valence-electron chi connectivity index (χ1n) is 16.5. The highest BCUT2D eigenvalue weighted by Crippen LogP contribution is 2.25. The molecule has 246 valence electrons. The molecule has 12 nitrogen and oxygen atoms in total. The molecule has 0 aliphatic carbocycles. The van der Waals surface area contributed by atoms with E-state index in [4.69, 9.17) is 4.74 Å². The molecule has 0 saturated carbocycles. The minimum atomic E-state index is -0.926. The molecule has 3 aliphatic rings. The molecule has 2 aromatic carbocycles. The number of nitrogens with zero attached hydrogens (tertiary/aromatic N) is 6. The molecule has 2 saturated heterocycles. The van der Waals surface area contributed by atoms with Crippen molar-refractivity contribution >= 4 is 34.6 Å². The fourth-order valence-corrected chi connectivity index (χ4v) is 6.81. The fraction of sp³-hybridized carbons (Fsp3) is 0.529. The molecule has 46 heavy (non-hydrogen) atoms. The predicted molar refractivity (Wildman–Crippen MR) is 177 cm³/mol. The van der Waals surface area contributed by atoms with Crippen molar-refractivity contribution in [3.05, 3.63) is 59.8 Å². The smallest absolute Gasteiger partial charge is 0.410 e. The van der Waals surface area contributed by atoms with Gasteiger partial charge >= 0.3 is 12.1 Å². The standard InChI is InChI=1S/C34H46N8O4/c1-38(2)13-5-14-39-18-20-40(21-19-39)32(43)31(23-25-8-9-30-27(22-25)24-35-37-30)46-34(45)41-15-11-28(12-16-41)42-17-10-26-6-3-4-7-29(26)36-33(42)44/h3-4,6-9,22,24,28,31H,5,10-21,23H2,1-2H3,(H,35,37)(H,36,44). The van der Waals surface area contributed by atoms with Gasteiger partial charge in [0.2, 0.25) is 0 Å². The first-order valence-corrected chi connectivity index (χ1v) is 16.5. The summed E-state index contributed by atoms with van der Waals surface area (Å²) < 4.78 is 6.05. The summed E-state index contributed by atoms with van der Waals surface area (Å²) in [5.74, 6) is -0.149. The Morgan fingerprint density at radius 2 is 1.78 bits per heavy atom. The van der Waals surface area contributed by atoms with E-state index in [2.05, 4.69) is 45.5 Å². The molecule has 3 aromatic rings. The highest BCUT2D eigenvalue weighted by Gasteiger charge is 2.35. The molecule has 12 heteroatoms. The second-order valence-electron chi connectivity index (χ2n) is 12.9. The molecule has 1 atom stereocenters. The summed E-state index contributed by atoms with van der Waals surface area (Å²) >= 11 is 0. The van der Waals surface area contributed by atoms with Crippen LogP contribution in [0, 0.1) is 0 Å². The van der Waals surface area contributed by atoms with Crippen LogP contribution in [0.25, 0.3) is 10.9 Å². The SMILES string of the molecule is CN(C)CCCN1CCN(C(=O)C(Cc2ccc3[nH]ncc3c2)OC(=O)N2CCC(N3CCc4ccccc4NC3=O)CC2)CC1. The third kappa shape index (κ3) is 7.61. The third-order valence-corrected chi connectivity index (χ3v) is 9.51. The van der Waals surface area contributed by atoms with Crippen molar-refractivity contribution in [2.75, 3.05) is 78.3 Å². The van der Waals surface area contributed by atoms with Crippen LogP contribution in [0.3, 0.4) is 0 Å². The first-order chi connectivity index (χ1) is 22.3. The Hall–Kier alpha value is -4.16. The molecule has 1 aromatic heterocycles. The summed E-state index contributed by atoms with van der Waals surface area (Å²) in [7, 11) is 4.16. The summed E-state index contributed by atoms with van der Waals surface area (Å²) in [6.45, 7) is 6.46. The third-order valence-electron chi connectivity index (χ3n) is 9.51.